The van der Waals surface area contributed by atoms with Crippen molar-refractivity contribution >= 4 is 29.1 Å². The number of nitrogens with zero attached hydrogens (tertiary/aromatic N) is 1. The molecule has 0 aromatic carbocycles. The molecule has 1 saturated heterocycles. The molecule has 6 heteroatoms. The van der Waals surface area contributed by atoms with Crippen LogP contribution in [0.3, 0.4) is 0 Å². The summed E-state index contributed by atoms with van der Waals surface area (Å²) in [5.74, 6) is 1.18. The molecular formula is C25H37Cl2FN2O. The largest absolute Gasteiger partial charge is 0.349 e. The molecule has 1 N–H and O–H groups in total. The number of hydrogen-bond donors (Lipinski definition) is 1. The molecule has 0 aromatic rings. The van der Waals surface area contributed by atoms with Crippen LogP contribution in [-0.4, -0.2) is 42.7 Å². The second kappa shape index (κ2) is 10.4. The number of piperidine rings is 1. The van der Waals surface area contributed by atoms with Crippen molar-refractivity contribution in [2.75, 3.05) is 26.2 Å². The van der Waals surface area contributed by atoms with Crippen LogP contribution < -0.4 is 5.32 Å². The topological polar surface area (TPSA) is 32.3 Å². The van der Waals surface area contributed by atoms with E-state index in [9.17, 15) is 4.79 Å². The molecule has 1 saturated carbocycles. The van der Waals surface area contributed by atoms with E-state index in [1.165, 1.54) is 25.7 Å². The Balaban J connectivity index is 1.46. The van der Waals surface area contributed by atoms with Crippen LogP contribution in [0.5, 0.6) is 0 Å². The van der Waals surface area contributed by atoms with E-state index in [1.807, 2.05) is 0 Å². The summed E-state index contributed by atoms with van der Waals surface area (Å²) < 4.78 is 15.3. The third-order valence-corrected chi connectivity index (χ3v) is 8.13. The maximum atomic E-state index is 15.3. The van der Waals surface area contributed by atoms with Gasteiger partial charge in [-0.25, -0.2) is 4.39 Å². The first kappa shape index (κ1) is 24.8. The first-order chi connectivity index (χ1) is 14.6. The van der Waals surface area contributed by atoms with E-state index in [0.29, 0.717) is 40.3 Å². The van der Waals surface area contributed by atoms with E-state index in [-0.39, 0.29) is 12.5 Å². The molecule has 1 amide bonds. The minimum Gasteiger partial charge on any atom is -0.349 e. The third-order valence-electron chi connectivity index (χ3n) is 7.61. The van der Waals surface area contributed by atoms with Crippen LogP contribution in [0.2, 0.25) is 0 Å². The Morgan fingerprint density at radius 1 is 1.23 bits per heavy atom. The van der Waals surface area contributed by atoms with Crippen molar-refractivity contribution in [3.05, 3.63) is 33.9 Å². The van der Waals surface area contributed by atoms with Crippen LogP contribution in [0.4, 0.5) is 4.39 Å². The molecule has 174 valence electrons. The fourth-order valence-electron chi connectivity index (χ4n) is 5.53. The predicted octanol–water partition coefficient (Wildman–Crippen LogP) is 6.33. The van der Waals surface area contributed by atoms with Crippen molar-refractivity contribution in [1.29, 1.82) is 0 Å². The molecule has 2 aliphatic carbocycles. The Morgan fingerprint density at radius 2 is 1.94 bits per heavy atom. The monoisotopic (exact) mass is 470 g/mol. The summed E-state index contributed by atoms with van der Waals surface area (Å²) in [5.41, 5.74) is -0.583. The van der Waals surface area contributed by atoms with Crippen LogP contribution in [0, 0.1) is 17.3 Å². The SMILES string of the molecule is CC1CCCC(C)(C)C1CCN1CCC(F)(CNC(=O)C2=CC(Cl)=CCC(Cl)=C2)CC1. The third kappa shape index (κ3) is 6.82. The lowest BCUT2D eigenvalue weighted by Crippen LogP contribution is -2.49. The minimum atomic E-state index is -1.36. The molecule has 1 heterocycles. The standard InChI is InChI=1S/C25H37Cl2FN2O/c1-18-5-4-9-24(2,3)22(18)8-12-30-13-10-25(28,11-14-30)17-29-23(31)19-15-20(26)6-7-21(27)16-19/h6,15-16,18,22H,4-5,7-14,17H2,1-3H3,(H,29,31). The number of allylic oxidation sites excluding steroid dienone is 4. The van der Waals surface area contributed by atoms with Crippen molar-refractivity contribution in [2.45, 2.75) is 71.4 Å². The molecular weight excluding hydrogens is 434 g/mol. The highest BCUT2D eigenvalue weighted by molar-refractivity contribution is 6.33. The average Bonchev–Trinajstić information content (AvgIpc) is 2.87. The lowest BCUT2D eigenvalue weighted by atomic mass is 9.63. The van der Waals surface area contributed by atoms with Gasteiger partial charge in [0.05, 0.1) is 6.54 Å². The first-order valence-corrected chi connectivity index (χ1v) is 12.5. The fourth-order valence-corrected chi connectivity index (χ4v) is 5.92. The molecule has 0 spiro atoms. The Morgan fingerprint density at radius 3 is 2.61 bits per heavy atom. The maximum Gasteiger partial charge on any atom is 0.251 e. The predicted molar refractivity (Wildman–Crippen MR) is 128 cm³/mol. The smallest absolute Gasteiger partial charge is 0.251 e. The summed E-state index contributed by atoms with van der Waals surface area (Å²) >= 11 is 12.2. The van der Waals surface area contributed by atoms with Gasteiger partial charge < -0.3 is 10.2 Å². The maximum absolute atomic E-state index is 15.3. The number of rotatable bonds is 6. The molecule has 3 nitrogen and oxygen atoms in total. The number of alkyl halides is 1. The van der Waals surface area contributed by atoms with Gasteiger partial charge in [-0.3, -0.25) is 4.79 Å². The molecule has 2 unspecified atom stereocenters. The molecule has 0 radical (unpaired) electrons. The Bertz CT molecular complexity index is 751. The lowest BCUT2D eigenvalue weighted by molar-refractivity contribution is -0.118. The highest BCUT2D eigenvalue weighted by Gasteiger charge is 2.38. The van der Waals surface area contributed by atoms with Gasteiger partial charge in [0.1, 0.15) is 5.67 Å². The minimum absolute atomic E-state index is 0.0243. The van der Waals surface area contributed by atoms with Crippen LogP contribution in [0.25, 0.3) is 0 Å². The summed E-state index contributed by atoms with van der Waals surface area (Å²) in [5, 5.41) is 3.76. The second-order valence-corrected chi connectivity index (χ2v) is 11.3. The van der Waals surface area contributed by atoms with E-state index >= 15 is 4.39 Å². The Labute approximate surface area is 197 Å². The molecule has 0 aromatic heterocycles. The van der Waals surface area contributed by atoms with Gasteiger partial charge in [-0.05, 0) is 61.6 Å². The van der Waals surface area contributed by atoms with Gasteiger partial charge in [-0.15, -0.1) is 0 Å². The number of carbonyl (C=O) groups excluding carboxylic acids is 1. The van der Waals surface area contributed by atoms with Gasteiger partial charge in [0.25, 0.3) is 5.91 Å². The van der Waals surface area contributed by atoms with Crippen molar-refractivity contribution in [3.8, 4) is 0 Å². The van der Waals surface area contributed by atoms with Crippen LogP contribution in [0.1, 0.15) is 65.7 Å². The number of nitrogens with one attached hydrogen (secondary N) is 1. The molecule has 2 atom stereocenters. The van der Waals surface area contributed by atoms with Gasteiger partial charge in [-0.2, -0.15) is 0 Å². The quantitative estimate of drug-likeness (QED) is 0.491. The highest BCUT2D eigenvalue weighted by atomic mass is 35.5. The van der Waals surface area contributed by atoms with E-state index in [1.54, 1.807) is 18.2 Å². The average molecular weight is 471 g/mol. The normalized spacial score (nSPS) is 28.8. The number of carbonyl (C=O) groups is 1. The van der Waals surface area contributed by atoms with E-state index in [2.05, 4.69) is 31.0 Å². The summed E-state index contributed by atoms with van der Waals surface area (Å²) in [6.07, 6.45) is 11.5. The van der Waals surface area contributed by atoms with Crippen molar-refractivity contribution in [3.63, 3.8) is 0 Å². The lowest BCUT2D eigenvalue weighted by Gasteiger charge is -2.44. The molecule has 1 aliphatic heterocycles. The summed E-state index contributed by atoms with van der Waals surface area (Å²) in [7, 11) is 0. The zero-order chi connectivity index (χ0) is 22.6. The first-order valence-electron chi connectivity index (χ1n) is 11.7. The molecule has 3 aliphatic rings. The van der Waals surface area contributed by atoms with Crippen LogP contribution in [0.15, 0.2) is 33.9 Å². The summed E-state index contributed by atoms with van der Waals surface area (Å²) in [4.78, 5) is 14.9. The molecule has 31 heavy (non-hydrogen) atoms. The van der Waals surface area contributed by atoms with Crippen LogP contribution in [-0.2, 0) is 4.79 Å². The van der Waals surface area contributed by atoms with Crippen molar-refractivity contribution in [2.24, 2.45) is 17.3 Å². The Kier molecular flexibility index (Phi) is 8.32. The molecule has 2 fully saturated rings. The van der Waals surface area contributed by atoms with E-state index < -0.39 is 5.67 Å². The van der Waals surface area contributed by atoms with E-state index in [0.717, 1.165) is 31.5 Å². The highest BCUT2D eigenvalue weighted by Crippen LogP contribution is 2.45. The van der Waals surface area contributed by atoms with Gasteiger partial charge in [0.2, 0.25) is 0 Å². The number of halogens is 3. The van der Waals surface area contributed by atoms with Gasteiger partial charge in [-0.1, -0.05) is 62.9 Å². The molecule has 0 bridgehead atoms. The number of hydrogen-bond acceptors (Lipinski definition) is 2. The Hall–Kier alpha value is -0.840. The zero-order valence-corrected chi connectivity index (χ0v) is 20.7. The zero-order valence-electron chi connectivity index (χ0n) is 19.2. The van der Waals surface area contributed by atoms with Gasteiger partial charge >= 0.3 is 0 Å². The fraction of sp³-hybridized carbons (Fsp3) is 0.720. The summed E-state index contributed by atoms with van der Waals surface area (Å²) in [6.45, 7) is 9.78. The van der Waals surface area contributed by atoms with Crippen LogP contribution >= 0.6 is 23.2 Å². The van der Waals surface area contributed by atoms with E-state index in [4.69, 9.17) is 23.2 Å². The van der Waals surface area contributed by atoms with Gasteiger partial charge in [0, 0.05) is 35.1 Å². The number of amides is 1. The second-order valence-electron chi connectivity index (χ2n) is 10.4. The van der Waals surface area contributed by atoms with Crippen molar-refractivity contribution < 1.29 is 9.18 Å². The van der Waals surface area contributed by atoms with Gasteiger partial charge in [0.15, 0.2) is 0 Å². The summed E-state index contributed by atoms with van der Waals surface area (Å²) in [6, 6.07) is 0. The molecule has 3 rings (SSSR count). The van der Waals surface area contributed by atoms with Crippen molar-refractivity contribution in [1.82, 2.24) is 10.2 Å². The number of likely N-dealkylation sites (tertiary alicyclic amines) is 1.